The number of hydrogen-bond acceptors (Lipinski definition) is 4. The predicted molar refractivity (Wildman–Crippen MR) is 102 cm³/mol. The first kappa shape index (κ1) is 20.2. The van der Waals surface area contributed by atoms with Crippen LogP contribution >= 0.6 is 0 Å². The highest BCUT2D eigenvalue weighted by Gasteiger charge is 2.43. The van der Waals surface area contributed by atoms with Gasteiger partial charge in [-0.1, -0.05) is 35.5 Å². The fourth-order valence-electron chi connectivity index (χ4n) is 3.59. The summed E-state index contributed by atoms with van der Waals surface area (Å²) in [7, 11) is 0. The average molecular weight is 358 g/mol. The van der Waals surface area contributed by atoms with Crippen LogP contribution < -0.4 is 0 Å². The maximum atomic E-state index is 12.1. The van der Waals surface area contributed by atoms with Gasteiger partial charge in [-0.2, -0.15) is 0 Å². The third-order valence-corrected chi connectivity index (χ3v) is 5.01. The molecule has 1 aliphatic heterocycles. The average Bonchev–Trinajstić information content (AvgIpc) is 2.79. The van der Waals surface area contributed by atoms with Crippen molar-refractivity contribution < 1.29 is 19.1 Å². The fraction of sp³-hybridized carbons (Fsp3) is 0.545. The van der Waals surface area contributed by atoms with Gasteiger partial charge in [0.15, 0.2) is 0 Å². The molecule has 1 aliphatic carbocycles. The Labute approximate surface area is 156 Å². The van der Waals surface area contributed by atoms with Crippen LogP contribution in [-0.4, -0.2) is 24.1 Å². The smallest absolute Gasteiger partial charge is 0.334 e. The molecule has 1 fully saturated rings. The number of hydrogen-bond donors (Lipinski definition) is 0. The minimum Gasteiger partial charge on any atom is -0.461 e. The van der Waals surface area contributed by atoms with E-state index >= 15 is 0 Å². The molecule has 26 heavy (non-hydrogen) atoms. The molecule has 0 N–H and O–H groups in total. The molecular weight excluding hydrogens is 328 g/mol. The number of esters is 2. The molecule has 0 aromatic heterocycles. The quantitative estimate of drug-likeness (QED) is 0.383. The molecule has 142 valence electrons. The molecule has 0 saturated carbocycles. The van der Waals surface area contributed by atoms with Crippen LogP contribution in [0.1, 0.15) is 59.8 Å². The third-order valence-electron chi connectivity index (χ3n) is 5.01. The van der Waals surface area contributed by atoms with E-state index < -0.39 is 18.2 Å². The molecule has 4 nitrogen and oxygen atoms in total. The minimum atomic E-state index is -0.448. The molecule has 1 heterocycles. The molecule has 3 atom stereocenters. The van der Waals surface area contributed by atoms with Gasteiger partial charge >= 0.3 is 11.9 Å². The molecule has 4 heteroatoms. The summed E-state index contributed by atoms with van der Waals surface area (Å²) in [5, 5.41) is 0. The van der Waals surface area contributed by atoms with Crippen molar-refractivity contribution in [3.8, 4) is 0 Å². The Morgan fingerprint density at radius 2 is 1.73 bits per heavy atom. The van der Waals surface area contributed by atoms with Crippen LogP contribution in [0.4, 0.5) is 0 Å². The zero-order valence-electron chi connectivity index (χ0n) is 16.3. The van der Waals surface area contributed by atoms with E-state index in [0.717, 1.165) is 36.8 Å². The Morgan fingerprint density at radius 3 is 2.38 bits per heavy atom. The summed E-state index contributed by atoms with van der Waals surface area (Å²) in [6, 6.07) is 0. The maximum Gasteiger partial charge on any atom is 0.334 e. The zero-order valence-corrected chi connectivity index (χ0v) is 16.3. The lowest BCUT2D eigenvalue weighted by Crippen LogP contribution is -2.32. The van der Waals surface area contributed by atoms with Gasteiger partial charge in [0.05, 0.1) is 5.92 Å². The predicted octanol–water partition coefficient (Wildman–Crippen LogP) is 4.82. The van der Waals surface area contributed by atoms with E-state index in [9.17, 15) is 9.59 Å². The van der Waals surface area contributed by atoms with Gasteiger partial charge in [0.1, 0.15) is 12.2 Å². The topological polar surface area (TPSA) is 52.6 Å². The summed E-state index contributed by atoms with van der Waals surface area (Å²) in [4.78, 5) is 23.8. The number of rotatable bonds is 1. The van der Waals surface area contributed by atoms with Crippen LogP contribution in [0.25, 0.3) is 0 Å². The SMILES string of the molecule is C=C1C(=O)O[C@H]2/C=C(\C)CC/C=C(/C)CC/C=C(/C)C[C@H](OC(C)=O)[C@@H]12. The van der Waals surface area contributed by atoms with E-state index in [4.69, 9.17) is 9.47 Å². The second-order valence-corrected chi connectivity index (χ2v) is 7.46. The number of allylic oxidation sites excluding steroid dienone is 4. The Morgan fingerprint density at radius 1 is 1.12 bits per heavy atom. The van der Waals surface area contributed by atoms with Gasteiger partial charge in [0, 0.05) is 18.9 Å². The summed E-state index contributed by atoms with van der Waals surface area (Å²) >= 11 is 0. The van der Waals surface area contributed by atoms with Crippen molar-refractivity contribution in [1.29, 1.82) is 0 Å². The molecule has 0 unspecified atom stereocenters. The summed E-state index contributed by atoms with van der Waals surface area (Å²) < 4.78 is 11.1. The lowest BCUT2D eigenvalue weighted by atomic mass is 9.86. The highest BCUT2D eigenvalue weighted by atomic mass is 16.6. The third kappa shape index (κ3) is 5.45. The van der Waals surface area contributed by atoms with Gasteiger partial charge in [-0.05, 0) is 52.5 Å². The van der Waals surface area contributed by atoms with Crippen LogP contribution in [0.15, 0.2) is 47.1 Å². The summed E-state index contributed by atoms with van der Waals surface area (Å²) in [6.45, 7) is 11.6. The van der Waals surface area contributed by atoms with Crippen LogP contribution in [0.3, 0.4) is 0 Å². The first-order chi connectivity index (χ1) is 12.3. The largest absolute Gasteiger partial charge is 0.461 e. The number of carbonyl (C=O) groups is 2. The van der Waals surface area contributed by atoms with Crippen molar-refractivity contribution in [2.24, 2.45) is 5.92 Å². The highest BCUT2D eigenvalue weighted by Crippen LogP contribution is 2.35. The summed E-state index contributed by atoms with van der Waals surface area (Å²) in [6.07, 6.45) is 10.0. The van der Waals surface area contributed by atoms with Gasteiger partial charge in [0.2, 0.25) is 0 Å². The van der Waals surface area contributed by atoms with Gasteiger partial charge < -0.3 is 9.47 Å². The molecule has 0 radical (unpaired) electrons. The monoisotopic (exact) mass is 358 g/mol. The van der Waals surface area contributed by atoms with Crippen LogP contribution in [-0.2, 0) is 19.1 Å². The van der Waals surface area contributed by atoms with Crippen molar-refractivity contribution in [2.45, 2.75) is 72.0 Å². The zero-order chi connectivity index (χ0) is 19.3. The second kappa shape index (κ2) is 9.02. The first-order valence-electron chi connectivity index (χ1n) is 9.33. The normalized spacial score (nSPS) is 34.2. The van der Waals surface area contributed by atoms with E-state index in [-0.39, 0.29) is 11.9 Å². The minimum absolute atomic E-state index is 0.343. The Hall–Kier alpha value is -2.10. The number of ether oxygens (including phenoxy) is 2. The van der Waals surface area contributed by atoms with Crippen molar-refractivity contribution in [2.75, 3.05) is 0 Å². The lowest BCUT2D eigenvalue weighted by molar-refractivity contribution is -0.149. The summed E-state index contributed by atoms with van der Waals surface area (Å²) in [5.74, 6) is -1.10. The molecule has 0 aromatic carbocycles. The first-order valence-corrected chi connectivity index (χ1v) is 9.33. The van der Waals surface area contributed by atoms with E-state index in [1.54, 1.807) is 0 Å². The Kier molecular flexibility index (Phi) is 7.01. The maximum absolute atomic E-state index is 12.1. The Bertz CT molecular complexity index is 666. The number of carbonyl (C=O) groups excluding carboxylic acids is 2. The molecule has 1 saturated heterocycles. The second-order valence-electron chi connectivity index (χ2n) is 7.46. The van der Waals surface area contributed by atoms with Gasteiger partial charge in [-0.15, -0.1) is 0 Å². The van der Waals surface area contributed by atoms with Crippen LogP contribution in [0, 0.1) is 5.92 Å². The van der Waals surface area contributed by atoms with Crippen molar-refractivity contribution in [1.82, 2.24) is 0 Å². The van der Waals surface area contributed by atoms with Crippen molar-refractivity contribution in [3.05, 3.63) is 47.1 Å². The lowest BCUT2D eigenvalue weighted by Gasteiger charge is -2.26. The fourth-order valence-corrected chi connectivity index (χ4v) is 3.59. The van der Waals surface area contributed by atoms with E-state index in [1.165, 1.54) is 12.5 Å². The van der Waals surface area contributed by atoms with Crippen molar-refractivity contribution in [3.63, 3.8) is 0 Å². The standard InChI is InChI=1S/C22H30O4/c1-14-8-6-10-15(2)12-19(25-18(5)23)21-17(4)22(24)26-20(21)13-16(3)11-7-9-14/h9-10,13,19-21H,4,6-8,11-12H2,1-3,5H3/b14-9-,15-10-,16-13+/t19-,20-,21+/m0/s1. The molecular formula is C22H30O4. The Balaban J connectivity index is 2.38. The molecule has 2 aliphatic rings. The molecule has 0 spiro atoms. The molecule has 2 rings (SSSR count). The van der Waals surface area contributed by atoms with E-state index in [0.29, 0.717) is 12.0 Å². The van der Waals surface area contributed by atoms with Gasteiger partial charge in [-0.25, -0.2) is 4.79 Å². The van der Waals surface area contributed by atoms with E-state index in [2.05, 4.69) is 25.7 Å². The van der Waals surface area contributed by atoms with Crippen molar-refractivity contribution >= 4 is 11.9 Å². The molecule has 0 amide bonds. The number of fused-ring (bicyclic) bond motifs is 1. The van der Waals surface area contributed by atoms with Gasteiger partial charge in [-0.3, -0.25) is 4.79 Å². The highest BCUT2D eigenvalue weighted by molar-refractivity contribution is 5.91. The van der Waals surface area contributed by atoms with E-state index in [1.807, 2.05) is 19.9 Å². The van der Waals surface area contributed by atoms with Crippen LogP contribution in [0.2, 0.25) is 0 Å². The van der Waals surface area contributed by atoms with Crippen LogP contribution in [0.5, 0.6) is 0 Å². The summed E-state index contributed by atoms with van der Waals surface area (Å²) in [5.41, 5.74) is 4.08. The molecule has 0 aromatic rings. The van der Waals surface area contributed by atoms with Gasteiger partial charge in [0.25, 0.3) is 0 Å². The molecule has 0 bridgehead atoms.